The molecule has 4 heterocycles. The number of hydrogen-bond donors (Lipinski definition) is 10. The first-order valence-corrected chi connectivity index (χ1v) is 22.6. The van der Waals surface area contributed by atoms with Gasteiger partial charge in [0.25, 0.3) is 11.1 Å². The van der Waals surface area contributed by atoms with Gasteiger partial charge in [-0.25, -0.2) is 17.8 Å². The van der Waals surface area contributed by atoms with Crippen molar-refractivity contribution >= 4 is 98.4 Å². The van der Waals surface area contributed by atoms with Crippen molar-refractivity contribution in [2.24, 2.45) is 4.99 Å². The lowest BCUT2D eigenvalue weighted by Crippen LogP contribution is -2.46. The van der Waals surface area contributed by atoms with Gasteiger partial charge in [-0.1, -0.05) is 22.6 Å². The number of likely N-dealkylation sites (N-methyl/N-ethyl adjacent to an activating group) is 1. The summed E-state index contributed by atoms with van der Waals surface area (Å²) >= 11 is 6.56. The van der Waals surface area contributed by atoms with Gasteiger partial charge in [0.05, 0.1) is 17.8 Å². The van der Waals surface area contributed by atoms with Crippen LogP contribution in [0.3, 0.4) is 0 Å². The Kier molecular flexibility index (Phi) is 15.2. The molecule has 2 aliphatic rings. The highest BCUT2D eigenvalue weighted by Crippen LogP contribution is 2.68. The van der Waals surface area contributed by atoms with Crippen LogP contribution in [0.15, 0.2) is 14.6 Å². The number of aromatic amines is 2. The van der Waals surface area contributed by atoms with Crippen molar-refractivity contribution in [3.05, 3.63) is 20.7 Å². The lowest BCUT2D eigenvalue weighted by molar-refractivity contribution is -0.0220. The first-order valence-electron chi connectivity index (χ1n) is 15.5. The summed E-state index contributed by atoms with van der Waals surface area (Å²) in [4.78, 5) is 76.2. The Labute approximate surface area is 335 Å². The Morgan fingerprint density at radius 2 is 1.39 bits per heavy atom. The van der Waals surface area contributed by atoms with Gasteiger partial charge in [-0.2, -0.15) is 9.97 Å². The molecular formula is C24H40IN10O17P3S. The number of methoxy groups -OCH3 is 1. The first kappa shape index (κ1) is 46.4. The lowest BCUT2D eigenvalue weighted by Gasteiger charge is -2.33. The quantitative estimate of drug-likeness (QED) is 0.0249. The number of halogens is 1. The van der Waals surface area contributed by atoms with Crippen LogP contribution in [-0.2, 0) is 52.8 Å². The van der Waals surface area contributed by atoms with Gasteiger partial charge in [0, 0.05) is 28.3 Å². The van der Waals surface area contributed by atoms with E-state index in [1.165, 1.54) is 24.0 Å². The number of rotatable bonds is 18. The minimum absolute atomic E-state index is 0.0568. The molecule has 2 fully saturated rings. The molecule has 11 atom stereocenters. The van der Waals surface area contributed by atoms with Gasteiger partial charge in [0.1, 0.15) is 42.3 Å². The smallest absolute Gasteiger partial charge is 0.387 e. The van der Waals surface area contributed by atoms with Gasteiger partial charge >= 0.3 is 22.4 Å². The van der Waals surface area contributed by atoms with Gasteiger partial charge in [-0.05, 0) is 18.5 Å². The highest BCUT2D eigenvalue weighted by atomic mass is 127. The minimum Gasteiger partial charge on any atom is -0.387 e. The van der Waals surface area contributed by atoms with E-state index in [0.717, 1.165) is 4.90 Å². The maximum atomic E-state index is 12.8. The molecule has 32 heteroatoms. The Morgan fingerprint density at radius 3 is 1.89 bits per heavy atom. The number of H-pyrrole nitrogens is 2. The van der Waals surface area contributed by atoms with E-state index >= 15 is 0 Å². The maximum absolute atomic E-state index is 12.8. The van der Waals surface area contributed by atoms with E-state index in [0.29, 0.717) is 0 Å². The number of alkyl halides is 1. The van der Waals surface area contributed by atoms with Crippen LogP contribution in [-0.4, -0.2) is 152 Å². The molecule has 0 amide bonds. The van der Waals surface area contributed by atoms with Crippen LogP contribution in [0.5, 0.6) is 0 Å². The largest absolute Gasteiger partial charge is 0.479 e. The van der Waals surface area contributed by atoms with Crippen LogP contribution in [0.4, 0.5) is 34.9 Å². The zero-order valence-electron chi connectivity index (χ0n) is 29.6. The van der Waals surface area contributed by atoms with Crippen LogP contribution in [0.2, 0.25) is 0 Å². The number of nitrogen functional groups attached to an aromatic ring is 2. The summed E-state index contributed by atoms with van der Waals surface area (Å²) < 4.78 is 61.1. The Bertz CT molecular complexity index is 2020. The Hall–Kier alpha value is -2.25. The van der Waals surface area contributed by atoms with E-state index < -0.39 is 95.8 Å². The standard InChI is InChI=1S/C24H40IN10O17P3S/c1-28-11-17(29-23(26)31-19(11)39)34(4)21-15(38)13(36)9(49-21)6-47-53(41,42)51-55(45,56)52-54(43,44)48-7-10-14(37)16(46-5)22(50-10)35(8-25)18-12(33(2)3)20(40)32-24(27)30-18/h9-10,13-16,21-22,36-38H,1,6-8H2,2-5H3,(H,41,42)(H,43,44)(H,45,56)(H3,26,29,31,39)(H3,27,30,32,40)/t9-,10-,13?,14?,15?,16?,21-,22-,55?/m1/s1. The maximum Gasteiger partial charge on any atom is 0.479 e. The summed E-state index contributed by atoms with van der Waals surface area (Å²) in [6, 6.07) is 0. The van der Waals surface area contributed by atoms with Crippen molar-refractivity contribution in [2.75, 3.05) is 72.2 Å². The van der Waals surface area contributed by atoms with E-state index in [2.05, 4.69) is 52.1 Å². The highest BCUT2D eigenvalue weighted by molar-refractivity contribution is 14.1. The van der Waals surface area contributed by atoms with Gasteiger partial charge in [-0.15, -0.1) is 0 Å². The molecule has 12 N–H and O–H groups in total. The highest BCUT2D eigenvalue weighted by Gasteiger charge is 2.50. The number of nitrogens with zero attached hydrogens (tertiary/aromatic N) is 6. The Balaban J connectivity index is 1.37. The van der Waals surface area contributed by atoms with Crippen LogP contribution < -0.4 is 37.3 Å². The molecule has 0 aromatic carbocycles. The third kappa shape index (κ3) is 10.7. The molecule has 0 saturated carbocycles. The van der Waals surface area contributed by atoms with Gasteiger partial charge < -0.3 is 70.4 Å². The Morgan fingerprint density at radius 1 is 0.893 bits per heavy atom. The summed E-state index contributed by atoms with van der Waals surface area (Å²) in [7, 11) is -5.25. The summed E-state index contributed by atoms with van der Waals surface area (Å²) in [5.74, 6) is -0.687. The van der Waals surface area contributed by atoms with Crippen molar-refractivity contribution in [1.29, 1.82) is 0 Å². The monoisotopic (exact) mass is 992 g/mol. The van der Waals surface area contributed by atoms with Crippen LogP contribution in [0.25, 0.3) is 0 Å². The molecule has 56 heavy (non-hydrogen) atoms. The SMILES string of the molecule is C=Nc1c(N(C)[C@@H]2O[C@H](COP(=O)(O)OP(O)(=S)OP(=O)(O)OC[C@H]3O[C@@H](N(CI)c4nc(N)[nH]c(=O)c4N(C)C)C(OC)C3O)C(O)C2O)nc(N)[nH]c1=O. The molecular weight excluding hydrogens is 952 g/mol. The molecule has 0 bridgehead atoms. The number of aliphatic imine (C=N–C) groups is 1. The predicted molar refractivity (Wildman–Crippen MR) is 208 cm³/mol. The molecule has 4 rings (SSSR count). The first-order chi connectivity index (χ1) is 26.0. The lowest BCUT2D eigenvalue weighted by atomic mass is 10.1. The van der Waals surface area contributed by atoms with Gasteiger partial charge in [-0.3, -0.25) is 33.6 Å². The molecule has 0 aliphatic carbocycles. The molecule has 2 aromatic heterocycles. The van der Waals surface area contributed by atoms with Gasteiger partial charge in [0.15, 0.2) is 29.8 Å². The van der Waals surface area contributed by atoms with E-state index in [9.17, 15) is 48.7 Å². The van der Waals surface area contributed by atoms with E-state index in [-0.39, 0.29) is 39.5 Å². The van der Waals surface area contributed by atoms with Crippen LogP contribution in [0.1, 0.15) is 0 Å². The molecule has 2 aromatic rings. The second-order valence-electron chi connectivity index (χ2n) is 12.0. The van der Waals surface area contributed by atoms with Crippen LogP contribution >= 0.6 is 45.0 Å². The average molecular weight is 993 g/mol. The van der Waals surface area contributed by atoms with Crippen molar-refractivity contribution in [1.82, 2.24) is 19.9 Å². The summed E-state index contributed by atoms with van der Waals surface area (Å²) in [5, 5.41) is 32.1. The molecule has 316 valence electrons. The molecule has 7 unspecified atom stereocenters. The molecule has 2 saturated heterocycles. The van der Waals surface area contributed by atoms with Crippen LogP contribution in [0, 0.1) is 0 Å². The zero-order valence-corrected chi connectivity index (χ0v) is 35.2. The summed E-state index contributed by atoms with van der Waals surface area (Å²) in [5.41, 5.74) is 9.80. The molecule has 27 nitrogen and oxygen atoms in total. The predicted octanol–water partition coefficient (Wildman–Crippen LogP) is -2.22. The summed E-state index contributed by atoms with van der Waals surface area (Å²) in [6.45, 7) is -3.80. The molecule has 0 radical (unpaired) electrons. The number of nitrogens with one attached hydrogen (secondary N) is 2. The minimum atomic E-state index is -5.49. The number of phosphoric acid groups is 2. The number of phosphoric ester groups is 2. The average Bonchev–Trinajstić information content (AvgIpc) is 3.54. The topological polar surface area (TPSA) is 386 Å². The number of hydrogen-bond acceptors (Lipinski definition) is 23. The third-order valence-corrected chi connectivity index (χ3v) is 14.1. The van der Waals surface area contributed by atoms with E-state index in [1.54, 1.807) is 14.1 Å². The number of ether oxygens (including phenoxy) is 3. The number of aliphatic hydroxyl groups excluding tert-OH is 3. The fraction of sp³-hybridized carbons (Fsp3) is 0.625. The van der Waals surface area contributed by atoms with E-state index in [4.69, 9.17) is 34.7 Å². The fourth-order valence-corrected chi connectivity index (χ4v) is 11.3. The number of aliphatic hydroxyl groups is 3. The fourth-order valence-electron chi connectivity index (χ4n) is 5.51. The number of nitrogens with two attached hydrogens (primary N) is 2. The molecule has 2 aliphatic heterocycles. The number of anilines is 5. The number of aromatic nitrogens is 4. The second kappa shape index (κ2) is 18.3. The van der Waals surface area contributed by atoms with Gasteiger partial charge in [0.2, 0.25) is 11.9 Å². The van der Waals surface area contributed by atoms with Crippen molar-refractivity contribution in [3.8, 4) is 0 Å². The zero-order chi connectivity index (χ0) is 42.1. The molecule has 0 spiro atoms. The van der Waals surface area contributed by atoms with E-state index in [1.807, 2.05) is 22.6 Å². The van der Waals surface area contributed by atoms with Crippen molar-refractivity contribution in [3.63, 3.8) is 0 Å². The summed E-state index contributed by atoms with van der Waals surface area (Å²) in [6.07, 6.45) is -11.8. The third-order valence-electron chi connectivity index (χ3n) is 7.96. The second-order valence-corrected chi connectivity index (χ2v) is 18.7. The van der Waals surface area contributed by atoms with Crippen molar-refractivity contribution < 1.29 is 71.0 Å². The normalized spacial score (nSPS) is 28.3. The van der Waals surface area contributed by atoms with Crippen molar-refractivity contribution in [2.45, 2.75) is 49.1 Å².